The Kier molecular flexibility index (Phi) is 2.46. The molecule has 0 bridgehead atoms. The fourth-order valence-corrected chi connectivity index (χ4v) is 3.49. The molecule has 1 aromatic carbocycles. The molecule has 1 saturated carbocycles. The van der Waals surface area contributed by atoms with Crippen molar-refractivity contribution in [3.05, 3.63) is 34.4 Å². The minimum atomic E-state index is -0.280. The topological polar surface area (TPSA) is 41.1 Å². The van der Waals surface area contributed by atoms with Crippen molar-refractivity contribution in [1.29, 1.82) is 0 Å². The van der Waals surface area contributed by atoms with Crippen LogP contribution in [0, 0.1) is 5.92 Å². The summed E-state index contributed by atoms with van der Waals surface area (Å²) in [6, 6.07) is 4.10. The number of carbonyl (C=O) groups excluding carboxylic acids is 1. The Morgan fingerprint density at radius 1 is 1.35 bits per heavy atom. The summed E-state index contributed by atoms with van der Waals surface area (Å²) < 4.78 is 0. The van der Waals surface area contributed by atoms with Crippen LogP contribution in [0.5, 0.6) is 0 Å². The van der Waals surface area contributed by atoms with Crippen LogP contribution in [-0.2, 0) is 10.2 Å². The van der Waals surface area contributed by atoms with E-state index in [2.05, 4.69) is 29.7 Å². The Bertz CT molecular complexity index is 646. The van der Waals surface area contributed by atoms with Crippen LogP contribution in [0.15, 0.2) is 18.2 Å². The van der Waals surface area contributed by atoms with Gasteiger partial charge in [-0.3, -0.25) is 4.79 Å². The SMILES string of the molecule is CC1CC=C(c2cc(Cl)c3c(c2)C2(CC2)C(=O)N3)NC1. The van der Waals surface area contributed by atoms with E-state index in [9.17, 15) is 4.79 Å². The van der Waals surface area contributed by atoms with Crippen LogP contribution >= 0.6 is 11.6 Å². The van der Waals surface area contributed by atoms with Gasteiger partial charge in [0.25, 0.3) is 0 Å². The van der Waals surface area contributed by atoms with Crippen LogP contribution in [0.25, 0.3) is 5.70 Å². The third-order valence-corrected chi connectivity index (χ3v) is 5.00. The molecule has 2 heterocycles. The van der Waals surface area contributed by atoms with E-state index in [0.717, 1.165) is 48.3 Å². The molecule has 1 unspecified atom stereocenters. The van der Waals surface area contributed by atoms with E-state index in [0.29, 0.717) is 10.9 Å². The van der Waals surface area contributed by atoms with Crippen LogP contribution in [0.1, 0.15) is 37.3 Å². The first-order valence-electron chi connectivity index (χ1n) is 7.20. The fraction of sp³-hybridized carbons (Fsp3) is 0.438. The second-order valence-corrected chi connectivity index (χ2v) is 6.66. The molecule has 1 aromatic rings. The first-order chi connectivity index (χ1) is 9.60. The van der Waals surface area contributed by atoms with E-state index in [1.807, 2.05) is 6.07 Å². The van der Waals surface area contributed by atoms with Gasteiger partial charge in [-0.05, 0) is 48.4 Å². The lowest BCUT2D eigenvalue weighted by Gasteiger charge is -2.22. The lowest BCUT2D eigenvalue weighted by molar-refractivity contribution is -0.117. The molecule has 1 fully saturated rings. The van der Waals surface area contributed by atoms with Crippen molar-refractivity contribution >= 4 is 28.9 Å². The smallest absolute Gasteiger partial charge is 0.235 e. The summed E-state index contributed by atoms with van der Waals surface area (Å²) in [6.45, 7) is 3.22. The van der Waals surface area contributed by atoms with Gasteiger partial charge in [0.1, 0.15) is 0 Å². The first-order valence-corrected chi connectivity index (χ1v) is 7.58. The lowest BCUT2D eigenvalue weighted by Crippen LogP contribution is -2.24. The summed E-state index contributed by atoms with van der Waals surface area (Å²) in [5, 5.41) is 7.05. The second-order valence-electron chi connectivity index (χ2n) is 6.26. The third-order valence-electron chi connectivity index (χ3n) is 4.71. The van der Waals surface area contributed by atoms with Crippen molar-refractivity contribution in [1.82, 2.24) is 5.32 Å². The maximum atomic E-state index is 12.1. The van der Waals surface area contributed by atoms with Gasteiger partial charge in [-0.2, -0.15) is 0 Å². The molecule has 0 radical (unpaired) electrons. The summed E-state index contributed by atoms with van der Waals surface area (Å²) in [6.07, 6.45) is 5.19. The molecule has 1 aliphatic carbocycles. The Morgan fingerprint density at radius 3 is 2.80 bits per heavy atom. The lowest BCUT2D eigenvalue weighted by atomic mass is 9.93. The number of hydrogen-bond donors (Lipinski definition) is 2. The molecule has 104 valence electrons. The highest BCUT2D eigenvalue weighted by atomic mass is 35.5. The summed E-state index contributed by atoms with van der Waals surface area (Å²) in [5.41, 5.74) is 3.87. The number of amides is 1. The first kappa shape index (κ1) is 12.3. The summed E-state index contributed by atoms with van der Waals surface area (Å²) in [7, 11) is 0. The summed E-state index contributed by atoms with van der Waals surface area (Å²) in [5.74, 6) is 0.785. The van der Waals surface area contributed by atoms with Crippen LogP contribution in [0.4, 0.5) is 5.69 Å². The van der Waals surface area contributed by atoms with E-state index in [-0.39, 0.29) is 11.3 Å². The molecule has 1 atom stereocenters. The quantitative estimate of drug-likeness (QED) is 0.832. The minimum Gasteiger partial charge on any atom is -0.385 e. The van der Waals surface area contributed by atoms with E-state index in [1.54, 1.807) is 0 Å². The van der Waals surface area contributed by atoms with Gasteiger partial charge in [-0.25, -0.2) is 0 Å². The van der Waals surface area contributed by atoms with E-state index >= 15 is 0 Å². The van der Waals surface area contributed by atoms with E-state index in [4.69, 9.17) is 11.6 Å². The predicted molar refractivity (Wildman–Crippen MR) is 80.8 cm³/mol. The summed E-state index contributed by atoms with van der Waals surface area (Å²) >= 11 is 6.37. The maximum Gasteiger partial charge on any atom is 0.235 e. The standard InChI is InChI=1S/C16H17ClN2O/c1-9-2-3-13(18-8-9)10-6-11-14(12(17)7-10)19-15(20)16(11)4-5-16/h3,6-7,9,18H,2,4-5,8H2,1H3,(H,19,20). The van der Waals surface area contributed by atoms with Gasteiger partial charge in [0.05, 0.1) is 16.1 Å². The highest BCUT2D eigenvalue weighted by Gasteiger charge is 2.56. The molecule has 0 saturated heterocycles. The van der Waals surface area contributed by atoms with Gasteiger partial charge in [0.15, 0.2) is 0 Å². The fourth-order valence-electron chi connectivity index (χ4n) is 3.22. The largest absolute Gasteiger partial charge is 0.385 e. The Hall–Kier alpha value is -1.48. The molecule has 0 aromatic heterocycles. The number of allylic oxidation sites excluding steroid dienone is 1. The molecular formula is C16H17ClN2O. The third kappa shape index (κ3) is 1.62. The van der Waals surface area contributed by atoms with Gasteiger partial charge in [-0.1, -0.05) is 24.6 Å². The molecule has 3 nitrogen and oxygen atoms in total. The van der Waals surface area contributed by atoms with Crippen LogP contribution in [-0.4, -0.2) is 12.5 Å². The van der Waals surface area contributed by atoms with Crippen molar-refractivity contribution in [2.45, 2.75) is 31.6 Å². The van der Waals surface area contributed by atoms with Crippen molar-refractivity contribution in [2.75, 3.05) is 11.9 Å². The molecule has 20 heavy (non-hydrogen) atoms. The van der Waals surface area contributed by atoms with Crippen LogP contribution < -0.4 is 10.6 Å². The number of carbonyl (C=O) groups is 1. The van der Waals surface area contributed by atoms with Crippen LogP contribution in [0.3, 0.4) is 0 Å². The Morgan fingerprint density at radius 2 is 2.15 bits per heavy atom. The number of anilines is 1. The van der Waals surface area contributed by atoms with Crippen molar-refractivity contribution < 1.29 is 4.79 Å². The predicted octanol–water partition coefficient (Wildman–Crippen LogP) is 3.29. The summed E-state index contributed by atoms with van der Waals surface area (Å²) in [4.78, 5) is 12.1. The monoisotopic (exact) mass is 288 g/mol. The van der Waals surface area contributed by atoms with Crippen LogP contribution in [0.2, 0.25) is 5.02 Å². The molecule has 2 aliphatic heterocycles. The van der Waals surface area contributed by atoms with Gasteiger partial charge in [-0.15, -0.1) is 0 Å². The van der Waals surface area contributed by atoms with Gasteiger partial charge < -0.3 is 10.6 Å². The van der Waals surface area contributed by atoms with E-state index in [1.165, 1.54) is 0 Å². The molecule has 1 spiro atoms. The maximum absolute atomic E-state index is 12.1. The van der Waals surface area contributed by atoms with Crippen molar-refractivity contribution in [3.63, 3.8) is 0 Å². The average Bonchev–Trinajstić information content (AvgIpc) is 3.17. The molecule has 4 heteroatoms. The average molecular weight is 289 g/mol. The molecule has 1 amide bonds. The molecule has 2 N–H and O–H groups in total. The van der Waals surface area contributed by atoms with Gasteiger partial charge in [0, 0.05) is 12.2 Å². The highest BCUT2D eigenvalue weighted by molar-refractivity contribution is 6.35. The van der Waals surface area contributed by atoms with E-state index < -0.39 is 0 Å². The molecular weight excluding hydrogens is 272 g/mol. The molecule has 3 aliphatic rings. The number of benzene rings is 1. The van der Waals surface area contributed by atoms with Gasteiger partial charge in [0.2, 0.25) is 5.91 Å². The second kappa shape index (κ2) is 4.01. The molecule has 4 rings (SSSR count). The zero-order valence-corrected chi connectivity index (χ0v) is 12.2. The zero-order chi connectivity index (χ0) is 13.9. The Balaban J connectivity index is 1.79. The van der Waals surface area contributed by atoms with Gasteiger partial charge >= 0.3 is 0 Å². The van der Waals surface area contributed by atoms with Crippen molar-refractivity contribution in [3.8, 4) is 0 Å². The number of fused-ring (bicyclic) bond motifs is 2. The zero-order valence-electron chi connectivity index (χ0n) is 11.4. The normalized spacial score (nSPS) is 25.8. The Labute approximate surface area is 123 Å². The number of nitrogens with one attached hydrogen (secondary N) is 2. The number of rotatable bonds is 1. The van der Waals surface area contributed by atoms with Crippen molar-refractivity contribution in [2.24, 2.45) is 5.92 Å². The number of halogens is 1. The minimum absolute atomic E-state index is 0.116. The number of hydrogen-bond acceptors (Lipinski definition) is 2. The highest BCUT2D eigenvalue weighted by Crippen LogP contribution is 2.57.